The monoisotopic (exact) mass is 411 g/mol. The Morgan fingerprint density at radius 3 is 2.81 bits per heavy atom. The average molecular weight is 412 g/mol. The number of methoxy groups -OCH3 is 1. The van der Waals surface area contributed by atoms with Gasteiger partial charge in [-0.2, -0.15) is 5.10 Å². The van der Waals surface area contributed by atoms with Gasteiger partial charge in [-0.15, -0.1) is 0 Å². The van der Waals surface area contributed by atoms with E-state index in [1.165, 1.54) is 0 Å². The molecule has 0 spiro atoms. The summed E-state index contributed by atoms with van der Waals surface area (Å²) in [5.41, 5.74) is 6.47. The van der Waals surface area contributed by atoms with Gasteiger partial charge in [0, 0.05) is 15.4 Å². The van der Waals surface area contributed by atoms with Gasteiger partial charge in [-0.05, 0) is 43.7 Å². The number of halogens is 1. The van der Waals surface area contributed by atoms with Crippen LogP contribution in [0.3, 0.4) is 0 Å². The van der Waals surface area contributed by atoms with E-state index < -0.39 is 0 Å². The zero-order chi connectivity index (χ0) is 18.7. The highest BCUT2D eigenvalue weighted by molar-refractivity contribution is 9.10. The summed E-state index contributed by atoms with van der Waals surface area (Å²) in [5, 5.41) is 4.98. The van der Waals surface area contributed by atoms with Gasteiger partial charge in [0.15, 0.2) is 0 Å². The van der Waals surface area contributed by atoms with Crippen LogP contribution in [0.25, 0.3) is 10.9 Å². The zero-order valence-corrected chi connectivity index (χ0v) is 16.3. The van der Waals surface area contributed by atoms with Gasteiger partial charge in [0.05, 0.1) is 30.1 Å². The van der Waals surface area contributed by atoms with Crippen LogP contribution < -0.4 is 10.2 Å². The van der Waals surface area contributed by atoms with E-state index in [2.05, 4.69) is 31.4 Å². The van der Waals surface area contributed by atoms with Crippen LogP contribution in [0.15, 0.2) is 52.0 Å². The van der Waals surface area contributed by atoms with Crippen LogP contribution in [0.2, 0.25) is 0 Å². The summed E-state index contributed by atoms with van der Waals surface area (Å²) >= 11 is 3.41. The molecule has 0 aliphatic rings. The number of ether oxygens (including phenoxy) is 1. The highest BCUT2D eigenvalue weighted by Gasteiger charge is 2.12. The first kappa shape index (κ1) is 18.1. The molecule has 0 fully saturated rings. The molecule has 0 unspecified atom stereocenters. The molecule has 1 heterocycles. The molecule has 132 valence electrons. The van der Waals surface area contributed by atoms with Gasteiger partial charge in [-0.3, -0.25) is 9.78 Å². The Bertz CT molecular complexity index is 1020. The predicted molar refractivity (Wildman–Crippen MR) is 107 cm³/mol. The van der Waals surface area contributed by atoms with Gasteiger partial charge in [0.1, 0.15) is 5.75 Å². The van der Waals surface area contributed by atoms with Crippen molar-refractivity contribution in [3.8, 4) is 5.75 Å². The number of hydrogen-bond donors (Lipinski definition) is 1. The van der Waals surface area contributed by atoms with Crippen LogP contribution in [-0.4, -0.2) is 24.2 Å². The maximum Gasteiger partial charge on any atom is 0.273 e. The van der Waals surface area contributed by atoms with E-state index in [9.17, 15) is 4.79 Å². The van der Waals surface area contributed by atoms with Crippen molar-refractivity contribution >= 4 is 39.0 Å². The van der Waals surface area contributed by atoms with Gasteiger partial charge >= 0.3 is 0 Å². The fraction of sp³-hybridized carbons (Fsp3) is 0.150. The molecule has 0 bridgehead atoms. The van der Waals surface area contributed by atoms with E-state index in [1.807, 2.05) is 56.3 Å². The predicted octanol–water partition coefficient (Wildman–Crippen LogP) is 4.39. The number of hydrazone groups is 1. The number of carbonyl (C=O) groups excluding carboxylic acids is 1. The van der Waals surface area contributed by atoms with Crippen molar-refractivity contribution in [3.05, 3.63) is 69.3 Å². The summed E-state index contributed by atoms with van der Waals surface area (Å²) in [5.74, 6) is 0.369. The topological polar surface area (TPSA) is 63.6 Å². The molecule has 1 aromatic heterocycles. The van der Waals surface area contributed by atoms with Gasteiger partial charge in [0.2, 0.25) is 0 Å². The lowest BCUT2D eigenvalue weighted by molar-refractivity contribution is 0.0954. The number of amides is 1. The van der Waals surface area contributed by atoms with Gasteiger partial charge in [-0.25, -0.2) is 5.43 Å². The fourth-order valence-corrected chi connectivity index (χ4v) is 3.07. The number of carbonyl (C=O) groups is 1. The van der Waals surface area contributed by atoms with Crippen molar-refractivity contribution in [3.63, 3.8) is 0 Å². The third-order valence-corrected chi connectivity index (χ3v) is 4.54. The lowest BCUT2D eigenvalue weighted by Crippen LogP contribution is -2.19. The first-order valence-electron chi connectivity index (χ1n) is 8.03. The number of para-hydroxylation sites is 1. The van der Waals surface area contributed by atoms with Crippen LogP contribution in [0.5, 0.6) is 5.75 Å². The SMILES string of the molecule is COc1ccc(Br)cc1/C=N\NC(=O)c1cc2cccc(C)c2nc1C. The third-order valence-electron chi connectivity index (χ3n) is 4.04. The van der Waals surface area contributed by atoms with Crippen molar-refractivity contribution in [1.82, 2.24) is 10.4 Å². The van der Waals surface area contributed by atoms with Crippen LogP contribution in [-0.2, 0) is 0 Å². The standard InChI is InChI=1S/C20H18BrN3O2/c1-12-5-4-6-14-10-17(13(2)23-19(12)14)20(25)24-22-11-15-9-16(21)7-8-18(15)26-3/h4-11H,1-3H3,(H,24,25)/b22-11-. The van der Waals surface area contributed by atoms with Crippen molar-refractivity contribution < 1.29 is 9.53 Å². The Hall–Kier alpha value is -2.73. The van der Waals surface area contributed by atoms with E-state index >= 15 is 0 Å². The molecule has 2 aromatic carbocycles. The maximum atomic E-state index is 12.5. The number of rotatable bonds is 4. The van der Waals surface area contributed by atoms with E-state index in [0.717, 1.165) is 26.5 Å². The van der Waals surface area contributed by atoms with Crippen molar-refractivity contribution in [2.75, 3.05) is 7.11 Å². The molecule has 1 amide bonds. The molecule has 3 rings (SSSR count). The summed E-state index contributed by atoms with van der Waals surface area (Å²) in [6.45, 7) is 3.83. The summed E-state index contributed by atoms with van der Waals surface area (Å²) in [7, 11) is 1.59. The number of nitrogens with zero attached hydrogens (tertiary/aromatic N) is 2. The molecule has 1 N–H and O–H groups in total. The second-order valence-electron chi connectivity index (χ2n) is 5.85. The first-order valence-corrected chi connectivity index (χ1v) is 8.83. The Morgan fingerprint density at radius 2 is 2.04 bits per heavy atom. The van der Waals surface area contributed by atoms with Gasteiger partial charge in [-0.1, -0.05) is 34.1 Å². The van der Waals surface area contributed by atoms with Crippen molar-refractivity contribution in [1.29, 1.82) is 0 Å². The number of fused-ring (bicyclic) bond motifs is 1. The molecule has 0 radical (unpaired) electrons. The van der Waals surface area contributed by atoms with Gasteiger partial charge in [0.25, 0.3) is 5.91 Å². The summed E-state index contributed by atoms with van der Waals surface area (Å²) in [4.78, 5) is 17.1. The Balaban J connectivity index is 1.84. The fourth-order valence-electron chi connectivity index (χ4n) is 2.70. The number of hydrogen-bond acceptors (Lipinski definition) is 4. The number of pyridine rings is 1. The molecule has 0 saturated carbocycles. The number of nitrogens with one attached hydrogen (secondary N) is 1. The summed E-state index contributed by atoms with van der Waals surface area (Å²) < 4.78 is 6.19. The highest BCUT2D eigenvalue weighted by atomic mass is 79.9. The quantitative estimate of drug-likeness (QED) is 0.511. The molecule has 0 aliphatic carbocycles. The highest BCUT2D eigenvalue weighted by Crippen LogP contribution is 2.22. The molecule has 26 heavy (non-hydrogen) atoms. The third kappa shape index (κ3) is 3.75. The normalized spacial score (nSPS) is 11.1. The summed E-state index contributed by atoms with van der Waals surface area (Å²) in [6.07, 6.45) is 1.55. The zero-order valence-electron chi connectivity index (χ0n) is 14.7. The molecule has 3 aromatic rings. The second kappa shape index (κ2) is 7.66. The Morgan fingerprint density at radius 1 is 1.23 bits per heavy atom. The van der Waals surface area contributed by atoms with E-state index in [4.69, 9.17) is 4.74 Å². The molecule has 0 saturated heterocycles. The van der Waals surface area contributed by atoms with E-state index in [1.54, 1.807) is 13.3 Å². The first-order chi connectivity index (χ1) is 12.5. The molecule has 6 heteroatoms. The van der Waals surface area contributed by atoms with Crippen LogP contribution in [0.1, 0.15) is 27.2 Å². The van der Waals surface area contributed by atoms with Crippen molar-refractivity contribution in [2.24, 2.45) is 5.10 Å². The van der Waals surface area contributed by atoms with E-state index in [0.29, 0.717) is 17.0 Å². The lowest BCUT2D eigenvalue weighted by Gasteiger charge is -2.08. The van der Waals surface area contributed by atoms with Gasteiger partial charge < -0.3 is 4.74 Å². The molecular weight excluding hydrogens is 394 g/mol. The van der Waals surface area contributed by atoms with Crippen molar-refractivity contribution in [2.45, 2.75) is 13.8 Å². The van der Waals surface area contributed by atoms with Crippen LogP contribution >= 0.6 is 15.9 Å². The minimum absolute atomic E-state index is 0.302. The number of benzene rings is 2. The molecular formula is C20H18BrN3O2. The maximum absolute atomic E-state index is 12.5. The summed E-state index contributed by atoms with van der Waals surface area (Å²) in [6, 6.07) is 13.3. The number of aryl methyl sites for hydroxylation is 2. The molecule has 5 nitrogen and oxygen atoms in total. The van der Waals surface area contributed by atoms with E-state index in [-0.39, 0.29) is 5.91 Å². The largest absolute Gasteiger partial charge is 0.496 e. The average Bonchev–Trinajstić information content (AvgIpc) is 2.62. The Kier molecular flexibility index (Phi) is 5.32. The smallest absolute Gasteiger partial charge is 0.273 e. The minimum Gasteiger partial charge on any atom is -0.496 e. The second-order valence-corrected chi connectivity index (χ2v) is 6.77. The number of aromatic nitrogens is 1. The molecule has 0 atom stereocenters. The van der Waals surface area contributed by atoms with Crippen LogP contribution in [0, 0.1) is 13.8 Å². The Labute approximate surface area is 160 Å². The van der Waals surface area contributed by atoms with Crippen LogP contribution in [0.4, 0.5) is 0 Å². The lowest BCUT2D eigenvalue weighted by atomic mass is 10.1. The minimum atomic E-state index is -0.302. The molecule has 0 aliphatic heterocycles.